The Morgan fingerprint density at radius 1 is 1.00 bits per heavy atom. The first-order valence-corrected chi connectivity index (χ1v) is 7.36. The van der Waals surface area contributed by atoms with Gasteiger partial charge in [0.25, 0.3) is 5.91 Å². The summed E-state index contributed by atoms with van der Waals surface area (Å²) in [6.07, 6.45) is 1.96. The molecule has 0 aliphatic heterocycles. The van der Waals surface area contributed by atoms with E-state index >= 15 is 0 Å². The average molecular weight is 283 g/mol. The SMILES string of the molecule is CCCOc1ccc(C(=O)Nc2ccc(CC)cc2)cc1. The van der Waals surface area contributed by atoms with E-state index in [-0.39, 0.29) is 5.91 Å². The molecule has 1 N–H and O–H groups in total. The third-order valence-electron chi connectivity index (χ3n) is 3.21. The van der Waals surface area contributed by atoms with Gasteiger partial charge in [0.1, 0.15) is 5.75 Å². The van der Waals surface area contributed by atoms with Crippen molar-refractivity contribution in [3.8, 4) is 5.75 Å². The molecule has 0 aliphatic rings. The maximum absolute atomic E-state index is 12.1. The number of carbonyl (C=O) groups excluding carboxylic acids is 1. The topological polar surface area (TPSA) is 38.3 Å². The van der Waals surface area contributed by atoms with E-state index in [0.717, 1.165) is 24.3 Å². The quantitative estimate of drug-likeness (QED) is 0.858. The lowest BCUT2D eigenvalue weighted by Crippen LogP contribution is -2.11. The lowest BCUT2D eigenvalue weighted by molar-refractivity contribution is 0.102. The summed E-state index contributed by atoms with van der Waals surface area (Å²) in [7, 11) is 0. The summed E-state index contributed by atoms with van der Waals surface area (Å²) in [6.45, 7) is 4.86. The van der Waals surface area contributed by atoms with Crippen LogP contribution < -0.4 is 10.1 Å². The number of rotatable bonds is 6. The van der Waals surface area contributed by atoms with Crippen LogP contribution in [0.4, 0.5) is 5.69 Å². The van der Waals surface area contributed by atoms with Gasteiger partial charge in [-0.2, -0.15) is 0 Å². The van der Waals surface area contributed by atoms with Crippen LogP contribution in [0.15, 0.2) is 48.5 Å². The molecule has 3 heteroatoms. The summed E-state index contributed by atoms with van der Waals surface area (Å²) >= 11 is 0. The standard InChI is InChI=1S/C18H21NO2/c1-3-13-21-17-11-7-15(8-12-17)18(20)19-16-9-5-14(4-2)6-10-16/h5-12H,3-4,13H2,1-2H3,(H,19,20). The normalized spacial score (nSPS) is 10.2. The van der Waals surface area contributed by atoms with Crippen molar-refractivity contribution in [2.45, 2.75) is 26.7 Å². The Hall–Kier alpha value is -2.29. The van der Waals surface area contributed by atoms with Crippen LogP contribution in [0.1, 0.15) is 36.2 Å². The van der Waals surface area contributed by atoms with Crippen LogP contribution in [0, 0.1) is 0 Å². The Bertz CT molecular complexity index is 573. The van der Waals surface area contributed by atoms with Gasteiger partial charge in [-0.3, -0.25) is 4.79 Å². The van der Waals surface area contributed by atoms with Crippen LogP contribution in [-0.4, -0.2) is 12.5 Å². The predicted octanol–water partition coefficient (Wildman–Crippen LogP) is 4.29. The smallest absolute Gasteiger partial charge is 0.255 e. The van der Waals surface area contributed by atoms with Crippen molar-refractivity contribution in [3.05, 3.63) is 59.7 Å². The van der Waals surface area contributed by atoms with Crippen molar-refractivity contribution >= 4 is 11.6 Å². The van der Waals surface area contributed by atoms with Gasteiger partial charge in [-0.25, -0.2) is 0 Å². The number of carbonyl (C=O) groups is 1. The van der Waals surface area contributed by atoms with E-state index in [9.17, 15) is 4.79 Å². The lowest BCUT2D eigenvalue weighted by Gasteiger charge is -2.08. The highest BCUT2D eigenvalue weighted by molar-refractivity contribution is 6.04. The molecule has 0 aromatic heterocycles. The number of ether oxygens (including phenoxy) is 1. The Balaban J connectivity index is 1.98. The van der Waals surface area contributed by atoms with Crippen LogP contribution in [0.3, 0.4) is 0 Å². The second kappa shape index (κ2) is 7.48. The van der Waals surface area contributed by atoms with Gasteiger partial charge in [-0.05, 0) is 54.8 Å². The summed E-state index contributed by atoms with van der Waals surface area (Å²) in [4.78, 5) is 12.1. The van der Waals surface area contributed by atoms with Gasteiger partial charge in [0.15, 0.2) is 0 Å². The molecule has 2 aromatic carbocycles. The highest BCUT2D eigenvalue weighted by Gasteiger charge is 2.06. The van der Waals surface area contributed by atoms with Gasteiger partial charge in [0, 0.05) is 11.3 Å². The molecule has 0 saturated heterocycles. The Labute approximate surface area is 126 Å². The minimum absolute atomic E-state index is 0.110. The molecule has 0 atom stereocenters. The van der Waals surface area contributed by atoms with E-state index in [2.05, 4.69) is 19.2 Å². The Kier molecular flexibility index (Phi) is 5.38. The van der Waals surface area contributed by atoms with Gasteiger partial charge in [-0.1, -0.05) is 26.0 Å². The zero-order valence-corrected chi connectivity index (χ0v) is 12.6. The molecule has 110 valence electrons. The van der Waals surface area contributed by atoms with E-state index < -0.39 is 0 Å². The maximum atomic E-state index is 12.1. The third-order valence-corrected chi connectivity index (χ3v) is 3.21. The molecule has 0 unspecified atom stereocenters. The molecule has 0 aliphatic carbocycles. The van der Waals surface area contributed by atoms with Crippen molar-refractivity contribution in [2.75, 3.05) is 11.9 Å². The van der Waals surface area contributed by atoms with E-state index in [1.165, 1.54) is 5.56 Å². The summed E-state index contributed by atoms with van der Waals surface area (Å²) in [5.41, 5.74) is 2.69. The minimum Gasteiger partial charge on any atom is -0.494 e. The molecular formula is C18H21NO2. The number of amides is 1. The van der Waals surface area contributed by atoms with Crippen molar-refractivity contribution in [1.29, 1.82) is 0 Å². The van der Waals surface area contributed by atoms with Gasteiger partial charge in [-0.15, -0.1) is 0 Å². The number of hydrogen-bond acceptors (Lipinski definition) is 2. The molecule has 0 fully saturated rings. The number of anilines is 1. The summed E-state index contributed by atoms with van der Waals surface area (Å²) in [5, 5.41) is 2.89. The summed E-state index contributed by atoms with van der Waals surface area (Å²) in [6, 6.07) is 15.1. The fourth-order valence-corrected chi connectivity index (χ4v) is 1.95. The van der Waals surface area contributed by atoms with Crippen LogP contribution in [0.25, 0.3) is 0 Å². The molecule has 0 spiro atoms. The van der Waals surface area contributed by atoms with Crippen molar-refractivity contribution in [3.63, 3.8) is 0 Å². The van der Waals surface area contributed by atoms with Crippen LogP contribution in [0.5, 0.6) is 5.75 Å². The Morgan fingerprint density at radius 2 is 1.67 bits per heavy atom. The predicted molar refractivity (Wildman–Crippen MR) is 86.0 cm³/mol. The average Bonchev–Trinajstić information content (AvgIpc) is 2.54. The van der Waals surface area contributed by atoms with Gasteiger partial charge in [0.05, 0.1) is 6.61 Å². The van der Waals surface area contributed by atoms with E-state index in [0.29, 0.717) is 12.2 Å². The number of aryl methyl sites for hydroxylation is 1. The number of benzene rings is 2. The maximum Gasteiger partial charge on any atom is 0.255 e. The highest BCUT2D eigenvalue weighted by atomic mass is 16.5. The molecule has 21 heavy (non-hydrogen) atoms. The first-order chi connectivity index (χ1) is 10.2. The largest absolute Gasteiger partial charge is 0.494 e. The van der Waals surface area contributed by atoms with Gasteiger partial charge < -0.3 is 10.1 Å². The van der Waals surface area contributed by atoms with Crippen LogP contribution in [-0.2, 0) is 6.42 Å². The monoisotopic (exact) mass is 283 g/mol. The molecule has 0 radical (unpaired) electrons. The van der Waals surface area contributed by atoms with Crippen molar-refractivity contribution in [1.82, 2.24) is 0 Å². The molecule has 0 bridgehead atoms. The number of nitrogens with one attached hydrogen (secondary N) is 1. The van der Waals surface area contributed by atoms with E-state index in [1.54, 1.807) is 12.1 Å². The van der Waals surface area contributed by atoms with Crippen molar-refractivity contribution < 1.29 is 9.53 Å². The van der Waals surface area contributed by atoms with Crippen LogP contribution in [0.2, 0.25) is 0 Å². The van der Waals surface area contributed by atoms with E-state index in [4.69, 9.17) is 4.74 Å². The van der Waals surface area contributed by atoms with Gasteiger partial charge >= 0.3 is 0 Å². The number of hydrogen-bond donors (Lipinski definition) is 1. The summed E-state index contributed by atoms with van der Waals surface area (Å²) in [5.74, 6) is 0.682. The zero-order chi connectivity index (χ0) is 15.1. The Morgan fingerprint density at radius 3 is 2.24 bits per heavy atom. The second-order valence-corrected chi connectivity index (χ2v) is 4.88. The first kappa shape index (κ1) is 15.1. The van der Waals surface area contributed by atoms with E-state index in [1.807, 2.05) is 36.4 Å². The molecule has 1 amide bonds. The summed E-state index contributed by atoms with van der Waals surface area (Å²) < 4.78 is 5.50. The minimum atomic E-state index is -0.110. The highest BCUT2D eigenvalue weighted by Crippen LogP contribution is 2.15. The van der Waals surface area contributed by atoms with Crippen molar-refractivity contribution in [2.24, 2.45) is 0 Å². The fourth-order valence-electron chi connectivity index (χ4n) is 1.95. The molecule has 2 aromatic rings. The molecule has 3 nitrogen and oxygen atoms in total. The lowest BCUT2D eigenvalue weighted by atomic mass is 10.1. The zero-order valence-electron chi connectivity index (χ0n) is 12.6. The van der Waals surface area contributed by atoms with Crippen LogP contribution >= 0.6 is 0 Å². The molecule has 2 rings (SSSR count). The third kappa shape index (κ3) is 4.35. The second-order valence-electron chi connectivity index (χ2n) is 4.88. The first-order valence-electron chi connectivity index (χ1n) is 7.36. The molecule has 0 saturated carbocycles. The molecular weight excluding hydrogens is 262 g/mol. The van der Waals surface area contributed by atoms with Gasteiger partial charge in [0.2, 0.25) is 0 Å². The molecule has 0 heterocycles. The fraction of sp³-hybridized carbons (Fsp3) is 0.278.